The van der Waals surface area contributed by atoms with Gasteiger partial charge in [-0.3, -0.25) is 0 Å². The molecule has 0 N–H and O–H groups in total. The van der Waals surface area contributed by atoms with Crippen molar-refractivity contribution in [3.8, 4) is 17.4 Å². The predicted molar refractivity (Wildman–Crippen MR) is 95.8 cm³/mol. The molecule has 0 amide bonds. The molecule has 1 aromatic heterocycles. The van der Waals surface area contributed by atoms with Gasteiger partial charge >= 0.3 is 0 Å². The van der Waals surface area contributed by atoms with Gasteiger partial charge < -0.3 is 19.3 Å². The topological polar surface area (TPSA) is 50.2 Å². The quantitative estimate of drug-likeness (QED) is 0.624. The summed E-state index contributed by atoms with van der Waals surface area (Å²) in [5, 5.41) is 0. The summed E-state index contributed by atoms with van der Waals surface area (Å²) < 4.78 is 10.9. The van der Waals surface area contributed by atoms with Gasteiger partial charge in [0.25, 0.3) is 0 Å². The molecule has 0 aliphatic rings. The number of rotatable bonds is 5. The molecule has 128 valence electrons. The second-order valence-electron chi connectivity index (χ2n) is 5.69. The maximum atomic E-state index is 5.73. The average Bonchev–Trinajstić information content (AvgIpc) is 2.56. The molecule has 0 saturated carbocycles. The third kappa shape index (κ3) is 4.87. The number of hydrogen-bond donors (Lipinski definition) is 0. The van der Waals surface area contributed by atoms with Gasteiger partial charge in [0, 0.05) is 46.5 Å². The molecule has 0 atom stereocenters. The molecule has 0 aliphatic heterocycles. The first kappa shape index (κ1) is 17.6. The lowest BCUT2D eigenvalue weighted by Crippen LogP contribution is -2.35. The largest absolute Gasteiger partial charge is 0.497 e. The van der Waals surface area contributed by atoms with Crippen LogP contribution in [0.5, 0.6) is 17.4 Å². The van der Waals surface area contributed by atoms with Gasteiger partial charge in [0.2, 0.25) is 5.88 Å². The van der Waals surface area contributed by atoms with E-state index in [0.717, 1.165) is 17.3 Å². The standard InChI is InChI=1S/C18H24N4O2/c1-21(2)18(22(3)4)20-13-14-9-10-17(19-12-14)24-16-8-6-7-15(11-16)23-5/h6-12H,13H2,1-5H3. The van der Waals surface area contributed by atoms with Crippen molar-refractivity contribution < 1.29 is 9.47 Å². The Morgan fingerprint density at radius 3 is 2.33 bits per heavy atom. The van der Waals surface area contributed by atoms with E-state index in [1.54, 1.807) is 13.3 Å². The first-order valence-corrected chi connectivity index (χ1v) is 7.65. The normalized spacial score (nSPS) is 10.0. The molecule has 6 heteroatoms. The number of methoxy groups -OCH3 is 1. The highest BCUT2D eigenvalue weighted by Crippen LogP contribution is 2.23. The van der Waals surface area contributed by atoms with Gasteiger partial charge in [-0.15, -0.1) is 0 Å². The van der Waals surface area contributed by atoms with Crippen LogP contribution in [0.3, 0.4) is 0 Å². The number of pyridine rings is 1. The second kappa shape index (κ2) is 8.19. The summed E-state index contributed by atoms with van der Waals surface area (Å²) in [4.78, 5) is 12.9. The Bertz CT molecular complexity index is 672. The summed E-state index contributed by atoms with van der Waals surface area (Å²) in [7, 11) is 9.52. The number of benzene rings is 1. The zero-order valence-electron chi connectivity index (χ0n) is 14.9. The molecule has 2 rings (SSSR count). The van der Waals surface area contributed by atoms with Crippen molar-refractivity contribution in [2.45, 2.75) is 6.54 Å². The Morgan fingerprint density at radius 2 is 1.75 bits per heavy atom. The van der Waals surface area contributed by atoms with Crippen LogP contribution in [0.2, 0.25) is 0 Å². The maximum Gasteiger partial charge on any atom is 0.219 e. The minimum Gasteiger partial charge on any atom is -0.497 e. The highest BCUT2D eigenvalue weighted by atomic mass is 16.5. The Kier molecular flexibility index (Phi) is 6.01. The van der Waals surface area contributed by atoms with Crippen molar-refractivity contribution in [3.63, 3.8) is 0 Å². The van der Waals surface area contributed by atoms with Gasteiger partial charge in [-0.2, -0.15) is 0 Å². The molecular formula is C18H24N4O2. The van der Waals surface area contributed by atoms with Gasteiger partial charge in [-0.25, -0.2) is 9.98 Å². The number of ether oxygens (including phenoxy) is 2. The molecule has 0 radical (unpaired) electrons. The Morgan fingerprint density at radius 1 is 1.04 bits per heavy atom. The van der Waals surface area contributed by atoms with E-state index in [9.17, 15) is 0 Å². The molecule has 1 aromatic carbocycles. The van der Waals surface area contributed by atoms with Crippen molar-refractivity contribution in [2.24, 2.45) is 4.99 Å². The van der Waals surface area contributed by atoms with Crippen LogP contribution >= 0.6 is 0 Å². The lowest BCUT2D eigenvalue weighted by Gasteiger charge is -2.22. The third-order valence-electron chi connectivity index (χ3n) is 3.26. The van der Waals surface area contributed by atoms with E-state index in [2.05, 4.69) is 9.98 Å². The van der Waals surface area contributed by atoms with E-state index in [0.29, 0.717) is 18.2 Å². The van der Waals surface area contributed by atoms with Gasteiger partial charge in [-0.05, 0) is 17.7 Å². The van der Waals surface area contributed by atoms with Gasteiger partial charge in [0.1, 0.15) is 11.5 Å². The molecule has 0 saturated heterocycles. The van der Waals surface area contributed by atoms with Gasteiger partial charge in [0.05, 0.1) is 13.7 Å². The summed E-state index contributed by atoms with van der Waals surface area (Å²) in [5.41, 5.74) is 1.02. The van der Waals surface area contributed by atoms with Crippen LogP contribution in [-0.4, -0.2) is 56.0 Å². The van der Waals surface area contributed by atoms with Crippen molar-refractivity contribution >= 4 is 5.96 Å². The van der Waals surface area contributed by atoms with E-state index in [4.69, 9.17) is 9.47 Å². The molecular weight excluding hydrogens is 304 g/mol. The van der Waals surface area contributed by atoms with Crippen LogP contribution in [0, 0.1) is 0 Å². The zero-order chi connectivity index (χ0) is 17.5. The van der Waals surface area contributed by atoms with Crippen molar-refractivity contribution in [3.05, 3.63) is 48.2 Å². The lowest BCUT2D eigenvalue weighted by atomic mass is 10.3. The van der Waals surface area contributed by atoms with Gasteiger partial charge in [-0.1, -0.05) is 12.1 Å². The molecule has 1 heterocycles. The Labute approximate surface area is 143 Å². The fourth-order valence-corrected chi connectivity index (χ4v) is 2.20. The molecule has 0 spiro atoms. The molecule has 24 heavy (non-hydrogen) atoms. The maximum absolute atomic E-state index is 5.73. The second-order valence-corrected chi connectivity index (χ2v) is 5.69. The van der Waals surface area contributed by atoms with E-state index in [1.165, 1.54) is 0 Å². The first-order chi connectivity index (χ1) is 11.5. The number of guanidine groups is 1. The molecule has 2 aromatic rings. The Balaban J connectivity index is 2.03. The molecule has 6 nitrogen and oxygen atoms in total. The highest BCUT2D eigenvalue weighted by Gasteiger charge is 2.05. The summed E-state index contributed by atoms with van der Waals surface area (Å²) in [6, 6.07) is 11.2. The van der Waals surface area contributed by atoms with Crippen LogP contribution in [0.1, 0.15) is 5.56 Å². The van der Waals surface area contributed by atoms with E-state index >= 15 is 0 Å². The minimum atomic E-state index is 0.538. The Hall–Kier alpha value is -2.76. The van der Waals surface area contributed by atoms with Crippen molar-refractivity contribution in [1.82, 2.24) is 14.8 Å². The van der Waals surface area contributed by atoms with Gasteiger partial charge in [0.15, 0.2) is 5.96 Å². The van der Waals surface area contributed by atoms with Crippen molar-refractivity contribution in [1.29, 1.82) is 0 Å². The SMILES string of the molecule is COc1cccc(Oc2ccc(CN=C(N(C)C)N(C)C)cn2)c1. The smallest absolute Gasteiger partial charge is 0.219 e. The number of hydrogen-bond acceptors (Lipinski definition) is 4. The van der Waals surface area contributed by atoms with Crippen LogP contribution in [0.25, 0.3) is 0 Å². The fourth-order valence-electron chi connectivity index (χ4n) is 2.20. The third-order valence-corrected chi connectivity index (χ3v) is 3.26. The van der Waals surface area contributed by atoms with Crippen LogP contribution in [0.15, 0.2) is 47.6 Å². The summed E-state index contributed by atoms with van der Waals surface area (Å²) in [5.74, 6) is 2.89. The first-order valence-electron chi connectivity index (χ1n) is 7.65. The average molecular weight is 328 g/mol. The minimum absolute atomic E-state index is 0.538. The number of aromatic nitrogens is 1. The molecule has 0 bridgehead atoms. The van der Waals surface area contributed by atoms with E-state index < -0.39 is 0 Å². The summed E-state index contributed by atoms with van der Waals surface area (Å²) >= 11 is 0. The fraction of sp³-hybridized carbons (Fsp3) is 0.333. The highest BCUT2D eigenvalue weighted by molar-refractivity contribution is 5.79. The number of aliphatic imine (C=N–C) groups is 1. The van der Waals surface area contributed by atoms with Crippen LogP contribution < -0.4 is 9.47 Å². The lowest BCUT2D eigenvalue weighted by molar-refractivity contribution is 0.407. The monoisotopic (exact) mass is 328 g/mol. The van der Waals surface area contributed by atoms with Crippen LogP contribution in [0.4, 0.5) is 0 Å². The van der Waals surface area contributed by atoms with Crippen LogP contribution in [-0.2, 0) is 6.54 Å². The summed E-state index contributed by atoms with van der Waals surface area (Å²) in [6.07, 6.45) is 1.78. The van der Waals surface area contributed by atoms with E-state index in [1.807, 2.05) is 74.4 Å². The molecule has 0 fully saturated rings. The molecule has 0 aliphatic carbocycles. The summed E-state index contributed by atoms with van der Waals surface area (Å²) in [6.45, 7) is 0.568. The molecule has 0 unspecified atom stereocenters. The van der Waals surface area contributed by atoms with Crippen molar-refractivity contribution in [2.75, 3.05) is 35.3 Å². The van der Waals surface area contributed by atoms with E-state index in [-0.39, 0.29) is 0 Å². The number of nitrogens with zero attached hydrogens (tertiary/aromatic N) is 4. The zero-order valence-corrected chi connectivity index (χ0v) is 14.9. The predicted octanol–water partition coefficient (Wildman–Crippen LogP) is 2.86.